The number of methoxy groups -OCH3 is 1. The molecule has 0 spiro atoms. The van der Waals surface area contributed by atoms with Crippen LogP contribution in [0.25, 0.3) is 11.6 Å². The minimum absolute atomic E-state index is 0.377. The summed E-state index contributed by atoms with van der Waals surface area (Å²) < 4.78 is 11.3. The summed E-state index contributed by atoms with van der Waals surface area (Å²) in [6.45, 7) is 5.95. The standard InChI is InChI=1S/C25H25NO4/c1-15-13-22(30-17(15)3)16(2)12-18-10-11-21-20(14-18)25(28,19-8-6-5-7-9-19)23(29-4)24(27)26-21/h5-14,23,28H,1-4H3,(H,26,27)/b16-12+. The van der Waals surface area contributed by atoms with Crippen molar-refractivity contribution in [3.05, 3.63) is 88.4 Å². The second-order valence-corrected chi connectivity index (χ2v) is 7.72. The van der Waals surface area contributed by atoms with Crippen molar-refractivity contribution in [3.8, 4) is 0 Å². The molecule has 4 rings (SSSR count). The molecule has 2 aromatic carbocycles. The monoisotopic (exact) mass is 403 g/mol. The summed E-state index contributed by atoms with van der Waals surface area (Å²) in [4.78, 5) is 12.6. The van der Waals surface area contributed by atoms with Gasteiger partial charge in [-0.05, 0) is 67.3 Å². The van der Waals surface area contributed by atoms with Gasteiger partial charge in [-0.2, -0.15) is 0 Å². The smallest absolute Gasteiger partial charge is 0.257 e. The molecule has 0 saturated heterocycles. The van der Waals surface area contributed by atoms with Crippen LogP contribution in [0.5, 0.6) is 0 Å². The molecule has 0 fully saturated rings. The Kier molecular flexibility index (Phi) is 5.10. The summed E-state index contributed by atoms with van der Waals surface area (Å²) in [7, 11) is 1.43. The Labute approximate surface area is 176 Å². The molecule has 0 bridgehead atoms. The largest absolute Gasteiger partial charge is 0.461 e. The molecule has 30 heavy (non-hydrogen) atoms. The van der Waals surface area contributed by atoms with E-state index in [2.05, 4.69) is 5.32 Å². The topological polar surface area (TPSA) is 71.7 Å². The first kappa shape index (κ1) is 20.1. The van der Waals surface area contributed by atoms with E-state index in [1.165, 1.54) is 7.11 Å². The summed E-state index contributed by atoms with van der Waals surface area (Å²) in [5.41, 5.74) is 3.11. The second-order valence-electron chi connectivity index (χ2n) is 7.72. The Balaban J connectivity index is 1.84. The number of ether oxygens (including phenoxy) is 1. The lowest BCUT2D eigenvalue weighted by Gasteiger charge is -2.40. The van der Waals surface area contributed by atoms with Crippen molar-refractivity contribution in [2.75, 3.05) is 12.4 Å². The number of nitrogens with one attached hydrogen (secondary N) is 1. The Bertz CT molecular complexity index is 1110. The molecule has 1 aliphatic heterocycles. The first-order valence-electron chi connectivity index (χ1n) is 9.86. The van der Waals surface area contributed by atoms with Crippen molar-refractivity contribution >= 4 is 23.2 Å². The molecule has 0 saturated carbocycles. The quantitative estimate of drug-likeness (QED) is 0.665. The van der Waals surface area contributed by atoms with Crippen molar-refractivity contribution in [1.29, 1.82) is 0 Å². The number of allylic oxidation sites excluding steroid dienone is 1. The van der Waals surface area contributed by atoms with Gasteiger partial charge in [0.05, 0.1) is 0 Å². The number of rotatable bonds is 4. The first-order valence-corrected chi connectivity index (χ1v) is 9.86. The number of furan rings is 1. The highest BCUT2D eigenvalue weighted by Crippen LogP contribution is 2.42. The predicted octanol–water partition coefficient (Wildman–Crippen LogP) is 4.66. The number of aryl methyl sites for hydroxylation is 2. The normalized spacial score (nSPS) is 21.3. The molecule has 2 atom stereocenters. The van der Waals surface area contributed by atoms with Gasteiger partial charge in [0.15, 0.2) is 11.7 Å². The van der Waals surface area contributed by atoms with Crippen molar-refractivity contribution < 1.29 is 19.1 Å². The highest BCUT2D eigenvalue weighted by Gasteiger charge is 2.49. The lowest BCUT2D eigenvalue weighted by atomic mass is 9.77. The first-order chi connectivity index (χ1) is 14.3. The average molecular weight is 403 g/mol. The van der Waals surface area contributed by atoms with E-state index in [1.807, 2.05) is 69.3 Å². The summed E-state index contributed by atoms with van der Waals surface area (Å²) in [5, 5.41) is 14.7. The molecule has 5 heteroatoms. The van der Waals surface area contributed by atoms with Gasteiger partial charge in [0.2, 0.25) is 0 Å². The number of carbonyl (C=O) groups is 1. The predicted molar refractivity (Wildman–Crippen MR) is 117 cm³/mol. The van der Waals surface area contributed by atoms with Crippen LogP contribution >= 0.6 is 0 Å². The summed E-state index contributed by atoms with van der Waals surface area (Å²) in [5.74, 6) is 1.33. The fraction of sp³-hybridized carbons (Fsp3) is 0.240. The van der Waals surface area contributed by atoms with Crippen molar-refractivity contribution in [1.82, 2.24) is 0 Å². The van der Waals surface area contributed by atoms with E-state index in [0.717, 1.165) is 28.2 Å². The van der Waals surface area contributed by atoms with Crippen LogP contribution in [0.3, 0.4) is 0 Å². The molecule has 2 heterocycles. The van der Waals surface area contributed by atoms with Crippen LogP contribution in [0.1, 0.15) is 40.7 Å². The Morgan fingerprint density at radius 3 is 2.53 bits per heavy atom. The highest BCUT2D eigenvalue weighted by atomic mass is 16.5. The second kappa shape index (κ2) is 7.59. The number of anilines is 1. The van der Waals surface area contributed by atoms with Crippen LogP contribution in [0.4, 0.5) is 5.69 Å². The van der Waals surface area contributed by atoms with Gasteiger partial charge in [0.1, 0.15) is 11.5 Å². The minimum atomic E-state index is -1.61. The zero-order chi connectivity index (χ0) is 21.5. The Hall–Kier alpha value is -3.15. The van der Waals surface area contributed by atoms with Crippen LogP contribution in [0.15, 0.2) is 59.0 Å². The average Bonchev–Trinajstić information content (AvgIpc) is 3.08. The van der Waals surface area contributed by atoms with Crippen molar-refractivity contribution in [2.24, 2.45) is 0 Å². The van der Waals surface area contributed by atoms with E-state index in [1.54, 1.807) is 12.1 Å². The SMILES string of the molecule is COC1C(=O)Nc2ccc(/C=C(\C)c3cc(C)c(C)o3)cc2C1(O)c1ccccc1. The third-order valence-electron chi connectivity index (χ3n) is 5.72. The zero-order valence-corrected chi connectivity index (χ0v) is 17.5. The van der Waals surface area contributed by atoms with Crippen LogP contribution in [0, 0.1) is 13.8 Å². The van der Waals surface area contributed by atoms with E-state index in [9.17, 15) is 9.90 Å². The van der Waals surface area contributed by atoms with Gasteiger partial charge in [-0.25, -0.2) is 0 Å². The summed E-state index contributed by atoms with van der Waals surface area (Å²) >= 11 is 0. The van der Waals surface area contributed by atoms with Crippen LogP contribution in [-0.4, -0.2) is 24.2 Å². The number of hydrogen-bond donors (Lipinski definition) is 2. The zero-order valence-electron chi connectivity index (χ0n) is 17.5. The molecule has 154 valence electrons. The maximum atomic E-state index is 12.6. The maximum Gasteiger partial charge on any atom is 0.257 e. The van der Waals surface area contributed by atoms with Crippen molar-refractivity contribution in [2.45, 2.75) is 32.5 Å². The highest BCUT2D eigenvalue weighted by molar-refractivity contribution is 6.00. The van der Waals surface area contributed by atoms with Gasteiger partial charge >= 0.3 is 0 Å². The molecule has 1 amide bonds. The minimum Gasteiger partial charge on any atom is -0.461 e. The molecule has 2 N–H and O–H groups in total. The lowest BCUT2D eigenvalue weighted by molar-refractivity contribution is -0.142. The van der Waals surface area contributed by atoms with E-state index < -0.39 is 11.7 Å². The van der Waals surface area contributed by atoms with E-state index in [0.29, 0.717) is 16.8 Å². The van der Waals surface area contributed by atoms with Crippen LogP contribution in [0.2, 0.25) is 0 Å². The number of hydrogen-bond acceptors (Lipinski definition) is 4. The Morgan fingerprint density at radius 1 is 1.17 bits per heavy atom. The molecule has 3 aromatic rings. The van der Waals surface area contributed by atoms with E-state index in [4.69, 9.17) is 9.15 Å². The third-order valence-corrected chi connectivity index (χ3v) is 5.72. The molecule has 1 aromatic heterocycles. The number of fused-ring (bicyclic) bond motifs is 1. The Morgan fingerprint density at radius 2 is 1.90 bits per heavy atom. The van der Waals surface area contributed by atoms with Crippen LogP contribution < -0.4 is 5.32 Å². The van der Waals surface area contributed by atoms with Gasteiger partial charge in [-0.1, -0.05) is 36.4 Å². The van der Waals surface area contributed by atoms with E-state index >= 15 is 0 Å². The molecular formula is C25H25NO4. The fourth-order valence-corrected chi connectivity index (χ4v) is 3.97. The van der Waals surface area contributed by atoms with Gasteiger partial charge < -0.3 is 19.6 Å². The summed E-state index contributed by atoms with van der Waals surface area (Å²) in [6.07, 6.45) is 0.935. The molecule has 2 unspecified atom stereocenters. The molecular weight excluding hydrogens is 378 g/mol. The molecule has 0 aliphatic carbocycles. The van der Waals surface area contributed by atoms with Gasteiger partial charge in [-0.15, -0.1) is 0 Å². The number of carbonyl (C=O) groups excluding carboxylic acids is 1. The van der Waals surface area contributed by atoms with Gasteiger partial charge in [0.25, 0.3) is 5.91 Å². The van der Waals surface area contributed by atoms with Crippen molar-refractivity contribution in [3.63, 3.8) is 0 Å². The maximum absolute atomic E-state index is 12.6. The van der Waals surface area contributed by atoms with Crippen LogP contribution in [-0.2, 0) is 15.1 Å². The van der Waals surface area contributed by atoms with Gasteiger partial charge in [-0.3, -0.25) is 4.79 Å². The van der Waals surface area contributed by atoms with E-state index in [-0.39, 0.29) is 5.91 Å². The van der Waals surface area contributed by atoms with Gasteiger partial charge in [0, 0.05) is 18.4 Å². The number of benzene rings is 2. The molecule has 5 nitrogen and oxygen atoms in total. The molecule has 0 radical (unpaired) electrons. The molecule has 1 aliphatic rings. The lowest BCUT2D eigenvalue weighted by Crippen LogP contribution is -2.52. The summed E-state index contributed by atoms with van der Waals surface area (Å²) in [6, 6.07) is 16.8. The number of aliphatic hydroxyl groups is 1. The fourth-order valence-electron chi connectivity index (χ4n) is 3.97. The third kappa shape index (κ3) is 3.26. The number of amides is 1.